The molecule has 0 aliphatic rings. The highest BCUT2D eigenvalue weighted by Gasteiger charge is 2.10. The van der Waals surface area contributed by atoms with Crippen LogP contribution in [0.15, 0.2) is 36.4 Å². The first-order valence-electron chi connectivity index (χ1n) is 4.83. The van der Waals surface area contributed by atoms with Crippen molar-refractivity contribution in [2.24, 2.45) is 0 Å². The van der Waals surface area contributed by atoms with Gasteiger partial charge in [0, 0.05) is 11.1 Å². The van der Waals surface area contributed by atoms with Crippen LogP contribution in [0.1, 0.15) is 5.56 Å². The van der Waals surface area contributed by atoms with Crippen molar-refractivity contribution in [2.45, 2.75) is 6.92 Å². The summed E-state index contributed by atoms with van der Waals surface area (Å²) in [5, 5.41) is 9.80. The third kappa shape index (κ3) is 1.89. The predicted octanol–water partition coefficient (Wildman–Crippen LogP) is 4.16. The summed E-state index contributed by atoms with van der Waals surface area (Å²) in [5.74, 6) is -0.209. The Bertz CT molecular complexity index is 537. The van der Waals surface area contributed by atoms with Gasteiger partial charge in [-0.25, -0.2) is 4.39 Å². The summed E-state index contributed by atoms with van der Waals surface area (Å²) in [6.07, 6.45) is 0. The van der Waals surface area contributed by atoms with E-state index in [4.69, 9.17) is 11.6 Å². The maximum absolute atomic E-state index is 13.6. The minimum Gasteiger partial charge on any atom is -0.508 e. The summed E-state index contributed by atoms with van der Waals surface area (Å²) in [6.45, 7) is 1.75. The SMILES string of the molecule is Cc1cc(-c2ccccc2F)c(Cl)cc1O. The Morgan fingerprint density at radius 2 is 1.81 bits per heavy atom. The lowest BCUT2D eigenvalue weighted by molar-refractivity contribution is 0.471. The second-order valence-electron chi connectivity index (χ2n) is 3.60. The number of phenolic OH excluding ortho intramolecular Hbond substituents is 1. The van der Waals surface area contributed by atoms with E-state index in [0.717, 1.165) is 0 Å². The largest absolute Gasteiger partial charge is 0.508 e. The van der Waals surface area contributed by atoms with Crippen LogP contribution in [0.2, 0.25) is 5.02 Å². The fourth-order valence-electron chi connectivity index (χ4n) is 1.56. The minimum absolute atomic E-state index is 0.116. The third-order valence-electron chi connectivity index (χ3n) is 2.45. The summed E-state index contributed by atoms with van der Waals surface area (Å²) in [5.41, 5.74) is 1.70. The normalized spacial score (nSPS) is 10.4. The van der Waals surface area contributed by atoms with Crippen molar-refractivity contribution in [3.63, 3.8) is 0 Å². The van der Waals surface area contributed by atoms with Crippen LogP contribution >= 0.6 is 11.6 Å². The van der Waals surface area contributed by atoms with Gasteiger partial charge in [-0.15, -0.1) is 0 Å². The Balaban J connectivity index is 2.65. The summed E-state index contributed by atoms with van der Waals surface area (Å²) < 4.78 is 13.6. The summed E-state index contributed by atoms with van der Waals surface area (Å²) in [6, 6.07) is 9.52. The van der Waals surface area contributed by atoms with E-state index in [1.54, 1.807) is 31.2 Å². The minimum atomic E-state index is -0.325. The zero-order valence-corrected chi connectivity index (χ0v) is 9.42. The molecule has 1 N–H and O–H groups in total. The fraction of sp³-hybridized carbons (Fsp3) is 0.0769. The molecule has 82 valence electrons. The molecule has 0 heterocycles. The molecular weight excluding hydrogens is 227 g/mol. The van der Waals surface area contributed by atoms with Gasteiger partial charge in [0.2, 0.25) is 0 Å². The second kappa shape index (κ2) is 4.14. The van der Waals surface area contributed by atoms with Crippen LogP contribution < -0.4 is 0 Å². The Morgan fingerprint density at radius 1 is 1.12 bits per heavy atom. The molecule has 0 saturated carbocycles. The van der Waals surface area contributed by atoms with Crippen LogP contribution in [0.4, 0.5) is 4.39 Å². The molecule has 3 heteroatoms. The van der Waals surface area contributed by atoms with Crippen molar-refractivity contribution in [2.75, 3.05) is 0 Å². The molecule has 0 aromatic heterocycles. The van der Waals surface area contributed by atoms with Gasteiger partial charge in [-0.3, -0.25) is 0 Å². The molecule has 0 unspecified atom stereocenters. The van der Waals surface area contributed by atoms with Gasteiger partial charge in [0.1, 0.15) is 11.6 Å². The van der Waals surface area contributed by atoms with E-state index in [1.165, 1.54) is 12.1 Å². The first kappa shape index (κ1) is 11.0. The van der Waals surface area contributed by atoms with Gasteiger partial charge in [-0.2, -0.15) is 0 Å². The van der Waals surface area contributed by atoms with E-state index in [9.17, 15) is 9.50 Å². The molecule has 0 atom stereocenters. The third-order valence-corrected chi connectivity index (χ3v) is 2.76. The number of benzene rings is 2. The highest BCUT2D eigenvalue weighted by Crippen LogP contribution is 2.34. The molecule has 0 fully saturated rings. The molecule has 0 saturated heterocycles. The topological polar surface area (TPSA) is 20.2 Å². The monoisotopic (exact) mass is 236 g/mol. The van der Waals surface area contributed by atoms with E-state index in [1.807, 2.05) is 0 Å². The van der Waals surface area contributed by atoms with E-state index in [0.29, 0.717) is 21.7 Å². The Hall–Kier alpha value is -1.54. The van der Waals surface area contributed by atoms with Crippen LogP contribution in [0, 0.1) is 12.7 Å². The van der Waals surface area contributed by atoms with E-state index < -0.39 is 0 Å². The van der Waals surface area contributed by atoms with Crippen molar-refractivity contribution in [3.05, 3.63) is 52.8 Å². The smallest absolute Gasteiger partial charge is 0.131 e. The van der Waals surface area contributed by atoms with Crippen molar-refractivity contribution >= 4 is 11.6 Å². The molecular formula is C13H10ClFO. The van der Waals surface area contributed by atoms with Gasteiger partial charge in [-0.05, 0) is 30.7 Å². The van der Waals surface area contributed by atoms with Crippen LogP contribution in [0.25, 0.3) is 11.1 Å². The quantitative estimate of drug-likeness (QED) is 0.788. The van der Waals surface area contributed by atoms with E-state index in [-0.39, 0.29) is 11.6 Å². The van der Waals surface area contributed by atoms with Gasteiger partial charge in [0.25, 0.3) is 0 Å². The lowest BCUT2D eigenvalue weighted by Gasteiger charge is -2.08. The van der Waals surface area contributed by atoms with Crippen molar-refractivity contribution in [1.82, 2.24) is 0 Å². The van der Waals surface area contributed by atoms with Gasteiger partial charge >= 0.3 is 0 Å². The van der Waals surface area contributed by atoms with Crippen LogP contribution in [0.3, 0.4) is 0 Å². The van der Waals surface area contributed by atoms with Crippen molar-refractivity contribution in [1.29, 1.82) is 0 Å². The van der Waals surface area contributed by atoms with Crippen LogP contribution in [-0.4, -0.2) is 5.11 Å². The number of rotatable bonds is 1. The zero-order chi connectivity index (χ0) is 11.7. The number of hydrogen-bond acceptors (Lipinski definition) is 1. The van der Waals surface area contributed by atoms with Crippen LogP contribution in [0.5, 0.6) is 5.75 Å². The highest BCUT2D eigenvalue weighted by atomic mass is 35.5. The Morgan fingerprint density at radius 3 is 2.50 bits per heavy atom. The van der Waals surface area contributed by atoms with Gasteiger partial charge in [-0.1, -0.05) is 29.8 Å². The maximum atomic E-state index is 13.6. The number of aromatic hydroxyl groups is 1. The number of halogens is 2. The zero-order valence-electron chi connectivity index (χ0n) is 8.67. The molecule has 2 rings (SSSR count). The first-order valence-corrected chi connectivity index (χ1v) is 5.21. The highest BCUT2D eigenvalue weighted by molar-refractivity contribution is 6.33. The predicted molar refractivity (Wildman–Crippen MR) is 63.2 cm³/mol. The molecule has 0 radical (unpaired) electrons. The Labute approximate surface area is 98.1 Å². The fourth-order valence-corrected chi connectivity index (χ4v) is 1.82. The van der Waals surface area contributed by atoms with Gasteiger partial charge in [0.15, 0.2) is 0 Å². The van der Waals surface area contributed by atoms with Gasteiger partial charge in [0.05, 0.1) is 5.02 Å². The summed E-state index contributed by atoms with van der Waals surface area (Å²) >= 11 is 5.98. The molecule has 1 nitrogen and oxygen atoms in total. The maximum Gasteiger partial charge on any atom is 0.131 e. The molecule has 2 aromatic carbocycles. The number of phenols is 1. The molecule has 0 aliphatic carbocycles. The van der Waals surface area contributed by atoms with E-state index >= 15 is 0 Å². The van der Waals surface area contributed by atoms with Crippen molar-refractivity contribution < 1.29 is 9.50 Å². The molecule has 16 heavy (non-hydrogen) atoms. The summed E-state index contributed by atoms with van der Waals surface area (Å²) in [7, 11) is 0. The van der Waals surface area contributed by atoms with E-state index in [2.05, 4.69) is 0 Å². The molecule has 0 bridgehead atoms. The average molecular weight is 237 g/mol. The number of aryl methyl sites for hydroxylation is 1. The molecule has 0 amide bonds. The molecule has 2 aromatic rings. The lowest BCUT2D eigenvalue weighted by Crippen LogP contribution is -1.86. The standard InChI is InChI=1S/C13H10ClFO/c1-8-6-10(11(14)7-13(8)16)9-4-2-3-5-12(9)15/h2-7,16H,1H3. The molecule has 0 spiro atoms. The number of hydrogen-bond donors (Lipinski definition) is 1. The van der Waals surface area contributed by atoms with Crippen LogP contribution in [-0.2, 0) is 0 Å². The summed E-state index contributed by atoms with van der Waals surface area (Å²) in [4.78, 5) is 0. The van der Waals surface area contributed by atoms with Gasteiger partial charge < -0.3 is 5.11 Å². The average Bonchev–Trinajstić information content (AvgIpc) is 2.25. The Kier molecular flexibility index (Phi) is 2.84. The second-order valence-corrected chi connectivity index (χ2v) is 4.01. The lowest BCUT2D eigenvalue weighted by atomic mass is 10.0. The van der Waals surface area contributed by atoms with Crippen molar-refractivity contribution in [3.8, 4) is 16.9 Å². The molecule has 0 aliphatic heterocycles. The first-order chi connectivity index (χ1) is 7.59.